The second kappa shape index (κ2) is 22.5. The molecule has 3 fully saturated rings. The number of urea groups is 1. The fourth-order valence-electron chi connectivity index (χ4n) is 8.65. The van der Waals surface area contributed by atoms with Crippen molar-refractivity contribution in [2.75, 3.05) is 31.1 Å². The van der Waals surface area contributed by atoms with Crippen molar-refractivity contribution >= 4 is 29.4 Å². The second-order valence-corrected chi connectivity index (χ2v) is 16.6. The molecule has 1 saturated carbocycles. The van der Waals surface area contributed by atoms with E-state index in [-0.39, 0.29) is 54.6 Å². The number of piperidine rings is 1. The van der Waals surface area contributed by atoms with Gasteiger partial charge in [0, 0.05) is 50.7 Å². The van der Waals surface area contributed by atoms with Crippen LogP contribution in [0.4, 0.5) is 14.9 Å². The third kappa shape index (κ3) is 12.4. The van der Waals surface area contributed by atoms with Gasteiger partial charge in [-0.2, -0.15) is 0 Å². The fraction of sp³-hybridized carbons (Fsp3) is 0.636. The Labute approximate surface area is 346 Å². The molecule has 5 atom stereocenters. The van der Waals surface area contributed by atoms with Crippen LogP contribution in [0.2, 0.25) is 0 Å². The zero-order chi connectivity index (χ0) is 42.4. The number of hydrogen-bond acceptors (Lipinski definition) is 9. The Morgan fingerprint density at radius 3 is 1.86 bits per heavy atom. The Morgan fingerprint density at radius 1 is 0.746 bits per heavy atom. The van der Waals surface area contributed by atoms with E-state index in [0.29, 0.717) is 45.3 Å². The maximum Gasteiger partial charge on any atom is 0.317 e. The molecule has 2 aliphatic heterocycles. The van der Waals surface area contributed by atoms with Crippen molar-refractivity contribution in [1.29, 1.82) is 0 Å². The molecule has 14 nitrogen and oxygen atoms in total. The van der Waals surface area contributed by atoms with Crippen molar-refractivity contribution in [2.45, 2.75) is 146 Å². The number of amides is 5. The van der Waals surface area contributed by atoms with E-state index in [0.717, 1.165) is 87.4 Å². The standard InChI is InChI=1S/C44H64FN5O9/c45-32-19-17-31(18-20-32)41-44(23-25-49(26-24-44)43(59)48-33-11-9-10-12-33)42(58)50(41)34-21-15-30(16-22-34)27-46-37(54)13-7-5-3-1-2-4-6-8-14-38(55)47-28-35(52)39(56)40(57)36(53)29-51/h15-22,33,35-36,39-41,51-53,56-57H,1-14,23-29H2,(H,46,54)(H,47,55)(H,48,59)/t35-,36+,39+,40+,41?/m1/s1. The van der Waals surface area contributed by atoms with E-state index >= 15 is 0 Å². The number of hydrogen-bond donors (Lipinski definition) is 8. The molecule has 3 aliphatic rings. The molecular weight excluding hydrogens is 762 g/mol. The third-order valence-electron chi connectivity index (χ3n) is 12.3. The van der Waals surface area contributed by atoms with Gasteiger partial charge in [0.05, 0.1) is 24.2 Å². The smallest absolute Gasteiger partial charge is 0.317 e. The molecule has 0 bridgehead atoms. The SMILES string of the molecule is O=C(CCCCCCCCCCC(=O)NC[C@@H](O)[C@H](O)[C@@H](O)[C@@H](O)CO)NCc1ccc(N2C(=O)C3(CCN(C(=O)NC4CCCC4)CC3)C2c2ccc(F)cc2)cc1. The van der Waals surface area contributed by atoms with Crippen molar-refractivity contribution in [3.8, 4) is 0 Å². The van der Waals surface area contributed by atoms with Crippen LogP contribution in [0.3, 0.4) is 0 Å². The average Bonchev–Trinajstić information content (AvgIpc) is 3.77. The summed E-state index contributed by atoms with van der Waals surface area (Å²) in [6.07, 6.45) is 6.84. The van der Waals surface area contributed by atoms with Gasteiger partial charge in [0.15, 0.2) is 0 Å². The summed E-state index contributed by atoms with van der Waals surface area (Å²) in [6.45, 7) is 0.288. The normalized spacial score (nSPS) is 19.8. The number of aliphatic hydroxyl groups is 5. The second-order valence-electron chi connectivity index (χ2n) is 16.6. The van der Waals surface area contributed by atoms with Gasteiger partial charge in [-0.3, -0.25) is 14.4 Å². The van der Waals surface area contributed by atoms with Crippen LogP contribution in [0.15, 0.2) is 48.5 Å². The number of likely N-dealkylation sites (tertiary alicyclic amines) is 1. The summed E-state index contributed by atoms with van der Waals surface area (Å²) in [5.41, 5.74) is 1.84. The van der Waals surface area contributed by atoms with E-state index in [1.165, 1.54) is 12.1 Å². The van der Waals surface area contributed by atoms with Gasteiger partial charge < -0.3 is 51.3 Å². The number of benzene rings is 2. The number of halogens is 1. The molecular formula is C44H64FN5O9. The zero-order valence-electron chi connectivity index (χ0n) is 34.1. The van der Waals surface area contributed by atoms with Crippen molar-refractivity contribution in [3.63, 3.8) is 0 Å². The maximum atomic E-state index is 14.0. The van der Waals surface area contributed by atoms with E-state index in [1.807, 2.05) is 29.2 Å². The predicted molar refractivity (Wildman–Crippen MR) is 219 cm³/mol. The molecule has 0 radical (unpaired) electrons. The van der Waals surface area contributed by atoms with E-state index in [2.05, 4.69) is 16.0 Å². The van der Waals surface area contributed by atoms with Crippen LogP contribution >= 0.6 is 0 Å². The summed E-state index contributed by atoms with van der Waals surface area (Å²) in [5.74, 6) is -0.633. The highest BCUT2D eigenvalue weighted by Gasteiger charge is 2.62. The monoisotopic (exact) mass is 825 g/mol. The van der Waals surface area contributed by atoms with Crippen LogP contribution in [0, 0.1) is 11.2 Å². The number of β-lactam (4-membered cyclic amide) rings is 1. The van der Waals surface area contributed by atoms with Crippen LogP contribution in [0.25, 0.3) is 0 Å². The highest BCUT2D eigenvalue weighted by molar-refractivity contribution is 6.06. The first-order valence-electron chi connectivity index (χ1n) is 21.5. The molecule has 326 valence electrons. The van der Waals surface area contributed by atoms with Crippen LogP contribution < -0.4 is 20.9 Å². The Kier molecular flexibility index (Phi) is 17.5. The molecule has 2 saturated heterocycles. The summed E-state index contributed by atoms with van der Waals surface area (Å²) >= 11 is 0. The number of anilines is 1. The van der Waals surface area contributed by atoms with Gasteiger partial charge in [-0.1, -0.05) is 75.6 Å². The van der Waals surface area contributed by atoms with Crippen LogP contribution in [0.1, 0.15) is 120 Å². The first-order valence-corrected chi connectivity index (χ1v) is 21.5. The Morgan fingerprint density at radius 2 is 1.29 bits per heavy atom. The number of aliphatic hydroxyl groups excluding tert-OH is 5. The summed E-state index contributed by atoms with van der Waals surface area (Å²) in [6, 6.07) is 13.8. The minimum atomic E-state index is -1.73. The van der Waals surface area contributed by atoms with Gasteiger partial charge >= 0.3 is 6.03 Å². The number of nitrogens with one attached hydrogen (secondary N) is 3. The Balaban J connectivity index is 0.957. The lowest BCUT2D eigenvalue weighted by Gasteiger charge is -2.59. The summed E-state index contributed by atoms with van der Waals surface area (Å²) < 4.78 is 14.0. The molecule has 5 rings (SSSR count). The van der Waals surface area contributed by atoms with Gasteiger partial charge in [-0.05, 0) is 73.9 Å². The van der Waals surface area contributed by atoms with E-state index in [4.69, 9.17) is 5.11 Å². The van der Waals surface area contributed by atoms with Crippen molar-refractivity contribution in [2.24, 2.45) is 5.41 Å². The van der Waals surface area contributed by atoms with Gasteiger partial charge in [-0.25, -0.2) is 9.18 Å². The molecule has 2 aromatic rings. The minimum absolute atomic E-state index is 0.0126. The Hall–Kier alpha value is -4.15. The van der Waals surface area contributed by atoms with Gasteiger partial charge in [0.25, 0.3) is 0 Å². The number of nitrogens with zero attached hydrogens (tertiary/aromatic N) is 2. The molecule has 1 unspecified atom stereocenters. The zero-order valence-corrected chi connectivity index (χ0v) is 34.1. The van der Waals surface area contributed by atoms with Crippen LogP contribution in [0.5, 0.6) is 0 Å². The lowest BCUT2D eigenvalue weighted by Crippen LogP contribution is -2.67. The van der Waals surface area contributed by atoms with Gasteiger partial charge in [-0.15, -0.1) is 0 Å². The van der Waals surface area contributed by atoms with Crippen molar-refractivity contribution < 1.29 is 49.1 Å². The van der Waals surface area contributed by atoms with Gasteiger partial charge in [0.2, 0.25) is 17.7 Å². The molecule has 0 aromatic heterocycles. The Bertz CT molecular complexity index is 1650. The van der Waals surface area contributed by atoms with Crippen molar-refractivity contribution in [1.82, 2.24) is 20.9 Å². The van der Waals surface area contributed by atoms with Gasteiger partial charge in [0.1, 0.15) is 24.1 Å². The number of unbranched alkanes of at least 4 members (excludes halogenated alkanes) is 7. The van der Waals surface area contributed by atoms with Crippen LogP contribution in [-0.4, -0.2) is 111 Å². The largest absolute Gasteiger partial charge is 0.394 e. The molecule has 15 heteroatoms. The fourth-order valence-corrected chi connectivity index (χ4v) is 8.65. The molecule has 2 aromatic carbocycles. The highest BCUT2D eigenvalue weighted by atomic mass is 19.1. The third-order valence-corrected chi connectivity index (χ3v) is 12.3. The lowest BCUT2D eigenvalue weighted by molar-refractivity contribution is -0.144. The lowest BCUT2D eigenvalue weighted by atomic mass is 9.62. The predicted octanol–water partition coefficient (Wildman–Crippen LogP) is 3.72. The molecule has 8 N–H and O–H groups in total. The average molecular weight is 826 g/mol. The molecule has 59 heavy (non-hydrogen) atoms. The number of rotatable bonds is 22. The molecule has 1 aliphatic carbocycles. The van der Waals surface area contributed by atoms with Crippen LogP contribution in [-0.2, 0) is 20.9 Å². The maximum absolute atomic E-state index is 14.0. The topological polar surface area (TPSA) is 212 Å². The summed E-state index contributed by atoms with van der Waals surface area (Å²) in [4.78, 5) is 55.2. The summed E-state index contributed by atoms with van der Waals surface area (Å²) in [5, 5.41) is 56.2. The molecule has 1 spiro atoms. The quantitative estimate of drug-likeness (QED) is 0.0642. The van der Waals surface area contributed by atoms with Crippen molar-refractivity contribution in [3.05, 3.63) is 65.5 Å². The van der Waals surface area contributed by atoms with E-state index in [1.54, 1.807) is 17.0 Å². The number of carbonyl (C=O) groups is 4. The highest BCUT2D eigenvalue weighted by Crippen LogP contribution is 2.57. The number of carbonyl (C=O) groups excluding carboxylic acids is 4. The first kappa shape index (κ1) is 45.9. The molecule has 2 heterocycles. The van der Waals surface area contributed by atoms with E-state index < -0.39 is 36.4 Å². The summed E-state index contributed by atoms with van der Waals surface area (Å²) in [7, 11) is 0. The van der Waals surface area contributed by atoms with E-state index in [9.17, 15) is 44.0 Å². The minimum Gasteiger partial charge on any atom is -0.394 e. The first-order chi connectivity index (χ1) is 28.4. The molecule has 5 amide bonds.